The summed E-state index contributed by atoms with van der Waals surface area (Å²) in [5.74, 6) is 0.0673. The van der Waals surface area contributed by atoms with Gasteiger partial charge in [0.25, 0.3) is 0 Å². The van der Waals surface area contributed by atoms with Gasteiger partial charge in [-0.15, -0.1) is 11.3 Å². The van der Waals surface area contributed by atoms with Crippen LogP contribution < -0.4 is 4.74 Å². The molecule has 82 valence electrons. The number of rotatable bonds is 3. The van der Waals surface area contributed by atoms with Crippen LogP contribution in [0.4, 0.5) is 0 Å². The van der Waals surface area contributed by atoms with Crippen molar-refractivity contribution in [1.82, 2.24) is 9.97 Å². The maximum absolute atomic E-state index is 12.0. The van der Waals surface area contributed by atoms with E-state index >= 15 is 0 Å². The van der Waals surface area contributed by atoms with Gasteiger partial charge in [-0.1, -0.05) is 0 Å². The predicted octanol–water partition coefficient (Wildman–Crippen LogP) is 2.54. The first kappa shape index (κ1) is 11.2. The van der Waals surface area contributed by atoms with Gasteiger partial charge in [-0.3, -0.25) is 4.79 Å². The molecule has 2 aromatic heterocycles. The Hall–Kier alpha value is -1.27. The second-order valence-electron chi connectivity index (χ2n) is 2.85. The summed E-state index contributed by atoms with van der Waals surface area (Å²) in [5, 5.41) is 0. The van der Waals surface area contributed by atoms with Crippen molar-refractivity contribution in [2.75, 3.05) is 7.11 Å². The minimum Gasteiger partial charge on any atom is -0.479 e. The Balaban J connectivity index is 2.41. The SMILES string of the molecule is COc1nccnc1C(=O)c1ccc(Br)s1. The summed E-state index contributed by atoms with van der Waals surface area (Å²) in [5.41, 5.74) is 0.236. The normalized spacial score (nSPS) is 10.1. The fourth-order valence-electron chi connectivity index (χ4n) is 1.18. The molecule has 16 heavy (non-hydrogen) atoms. The Morgan fingerprint density at radius 1 is 1.38 bits per heavy atom. The molecule has 0 aromatic carbocycles. The van der Waals surface area contributed by atoms with Gasteiger partial charge in [0.05, 0.1) is 15.8 Å². The zero-order valence-corrected chi connectivity index (χ0v) is 10.7. The third-order valence-corrected chi connectivity index (χ3v) is 3.49. The van der Waals surface area contributed by atoms with Gasteiger partial charge >= 0.3 is 0 Å². The topological polar surface area (TPSA) is 52.1 Å². The molecule has 4 nitrogen and oxygen atoms in total. The average Bonchev–Trinajstić information content (AvgIpc) is 2.75. The number of ether oxygens (including phenoxy) is 1. The molecular formula is C10H7BrN2O2S. The van der Waals surface area contributed by atoms with E-state index in [4.69, 9.17) is 4.74 Å². The molecule has 0 fully saturated rings. The highest BCUT2D eigenvalue weighted by Crippen LogP contribution is 2.25. The van der Waals surface area contributed by atoms with Crippen LogP contribution in [0.2, 0.25) is 0 Å². The van der Waals surface area contributed by atoms with Crippen LogP contribution in [-0.2, 0) is 0 Å². The van der Waals surface area contributed by atoms with Crippen molar-refractivity contribution < 1.29 is 9.53 Å². The van der Waals surface area contributed by atoms with Crippen LogP contribution >= 0.6 is 27.3 Å². The zero-order valence-electron chi connectivity index (χ0n) is 8.31. The maximum atomic E-state index is 12.0. The minimum atomic E-state index is -0.180. The average molecular weight is 299 g/mol. The Labute approximate surface area is 104 Å². The van der Waals surface area contributed by atoms with Crippen LogP contribution in [-0.4, -0.2) is 22.9 Å². The number of ketones is 1. The van der Waals surface area contributed by atoms with E-state index in [1.165, 1.54) is 30.8 Å². The molecule has 2 rings (SSSR count). The van der Waals surface area contributed by atoms with E-state index in [1.807, 2.05) is 6.07 Å². The first-order valence-electron chi connectivity index (χ1n) is 4.37. The van der Waals surface area contributed by atoms with Crippen molar-refractivity contribution in [1.29, 1.82) is 0 Å². The molecule has 0 aliphatic rings. The number of hydrogen-bond acceptors (Lipinski definition) is 5. The van der Waals surface area contributed by atoms with Gasteiger partial charge in [-0.25, -0.2) is 9.97 Å². The van der Waals surface area contributed by atoms with E-state index in [0.717, 1.165) is 3.79 Å². The lowest BCUT2D eigenvalue weighted by Crippen LogP contribution is -2.06. The van der Waals surface area contributed by atoms with Crippen LogP contribution in [0.3, 0.4) is 0 Å². The smallest absolute Gasteiger partial charge is 0.243 e. The van der Waals surface area contributed by atoms with Gasteiger partial charge in [0.1, 0.15) is 0 Å². The van der Waals surface area contributed by atoms with Crippen molar-refractivity contribution in [2.45, 2.75) is 0 Å². The fraction of sp³-hybridized carbons (Fsp3) is 0.100. The number of aromatic nitrogens is 2. The molecule has 0 bridgehead atoms. The van der Waals surface area contributed by atoms with E-state index in [9.17, 15) is 4.79 Å². The molecule has 0 aliphatic heterocycles. The highest BCUT2D eigenvalue weighted by molar-refractivity contribution is 9.11. The number of methoxy groups -OCH3 is 1. The van der Waals surface area contributed by atoms with E-state index in [2.05, 4.69) is 25.9 Å². The highest BCUT2D eigenvalue weighted by Gasteiger charge is 2.18. The molecule has 0 spiro atoms. The monoisotopic (exact) mass is 298 g/mol. The van der Waals surface area contributed by atoms with Crippen molar-refractivity contribution in [3.8, 4) is 5.88 Å². The summed E-state index contributed by atoms with van der Waals surface area (Å²) in [6.45, 7) is 0. The summed E-state index contributed by atoms with van der Waals surface area (Å²) >= 11 is 4.66. The standard InChI is InChI=1S/C10H7BrN2O2S/c1-15-10-8(12-4-5-13-10)9(14)6-2-3-7(11)16-6/h2-5H,1H3. The first-order valence-corrected chi connectivity index (χ1v) is 5.98. The van der Waals surface area contributed by atoms with Crippen LogP contribution in [0.5, 0.6) is 5.88 Å². The number of hydrogen-bond donors (Lipinski definition) is 0. The first-order chi connectivity index (χ1) is 7.72. The largest absolute Gasteiger partial charge is 0.479 e. The van der Waals surface area contributed by atoms with Crippen molar-refractivity contribution in [3.05, 3.63) is 38.9 Å². The van der Waals surface area contributed by atoms with Crippen molar-refractivity contribution >= 4 is 33.0 Å². The van der Waals surface area contributed by atoms with Gasteiger partial charge in [0.2, 0.25) is 11.7 Å². The van der Waals surface area contributed by atoms with Crippen LogP contribution in [0.1, 0.15) is 15.4 Å². The molecule has 2 heterocycles. The Morgan fingerprint density at radius 3 is 2.75 bits per heavy atom. The fourth-order valence-corrected chi connectivity index (χ4v) is 2.51. The molecule has 6 heteroatoms. The van der Waals surface area contributed by atoms with Crippen molar-refractivity contribution in [3.63, 3.8) is 0 Å². The molecule has 0 atom stereocenters. The number of nitrogens with zero attached hydrogens (tertiary/aromatic N) is 2. The molecule has 2 aromatic rings. The predicted molar refractivity (Wildman–Crippen MR) is 64.0 cm³/mol. The Kier molecular flexibility index (Phi) is 3.31. The molecule has 0 saturated carbocycles. The number of halogens is 1. The van der Waals surface area contributed by atoms with Gasteiger partial charge < -0.3 is 4.74 Å². The number of carbonyl (C=O) groups is 1. The van der Waals surface area contributed by atoms with Gasteiger partial charge in [0, 0.05) is 12.4 Å². The number of thiophene rings is 1. The van der Waals surface area contributed by atoms with E-state index < -0.39 is 0 Å². The summed E-state index contributed by atoms with van der Waals surface area (Å²) in [6, 6.07) is 3.56. The molecule has 0 amide bonds. The molecular weight excluding hydrogens is 292 g/mol. The number of carbonyl (C=O) groups excluding carboxylic acids is 1. The highest BCUT2D eigenvalue weighted by atomic mass is 79.9. The van der Waals surface area contributed by atoms with E-state index in [-0.39, 0.29) is 17.4 Å². The third-order valence-electron chi connectivity index (χ3n) is 1.87. The van der Waals surface area contributed by atoms with Gasteiger partial charge in [-0.05, 0) is 28.1 Å². The molecule has 0 radical (unpaired) electrons. The lowest BCUT2D eigenvalue weighted by Gasteiger charge is -2.02. The van der Waals surface area contributed by atoms with Gasteiger partial charge in [-0.2, -0.15) is 0 Å². The quantitative estimate of drug-likeness (QED) is 0.817. The Bertz CT molecular complexity index is 527. The zero-order chi connectivity index (χ0) is 11.5. The molecule has 0 aliphatic carbocycles. The van der Waals surface area contributed by atoms with E-state index in [1.54, 1.807) is 6.07 Å². The summed E-state index contributed by atoms with van der Waals surface area (Å²) in [7, 11) is 1.46. The Morgan fingerprint density at radius 2 is 2.12 bits per heavy atom. The van der Waals surface area contributed by atoms with Crippen LogP contribution in [0.25, 0.3) is 0 Å². The summed E-state index contributed by atoms with van der Waals surface area (Å²) in [6.07, 6.45) is 2.96. The molecule has 0 N–H and O–H groups in total. The maximum Gasteiger partial charge on any atom is 0.243 e. The lowest BCUT2D eigenvalue weighted by atomic mass is 10.2. The lowest BCUT2D eigenvalue weighted by molar-refractivity contribution is 0.103. The van der Waals surface area contributed by atoms with Gasteiger partial charge in [0.15, 0.2) is 5.69 Å². The van der Waals surface area contributed by atoms with Crippen LogP contribution in [0, 0.1) is 0 Å². The third kappa shape index (κ3) is 2.12. The molecule has 0 unspecified atom stereocenters. The summed E-state index contributed by atoms with van der Waals surface area (Å²) in [4.78, 5) is 20.6. The van der Waals surface area contributed by atoms with Crippen LogP contribution in [0.15, 0.2) is 28.3 Å². The minimum absolute atomic E-state index is 0.180. The second kappa shape index (κ2) is 4.71. The second-order valence-corrected chi connectivity index (χ2v) is 5.31. The van der Waals surface area contributed by atoms with Crippen molar-refractivity contribution in [2.24, 2.45) is 0 Å². The molecule has 0 saturated heterocycles. The summed E-state index contributed by atoms with van der Waals surface area (Å²) < 4.78 is 5.89. The van der Waals surface area contributed by atoms with E-state index in [0.29, 0.717) is 4.88 Å².